The van der Waals surface area contributed by atoms with Gasteiger partial charge in [0, 0.05) is 24.9 Å². The number of rotatable bonds is 3. The molecule has 2 heterocycles. The number of thioether (sulfide) groups is 1. The summed E-state index contributed by atoms with van der Waals surface area (Å²) in [4.78, 5) is 25.5. The van der Waals surface area contributed by atoms with Crippen molar-refractivity contribution >= 4 is 23.8 Å². The Balaban J connectivity index is 1.93. The highest BCUT2D eigenvalue weighted by molar-refractivity contribution is 7.99. The molecule has 0 bridgehead atoms. The van der Waals surface area contributed by atoms with Gasteiger partial charge in [-0.3, -0.25) is 4.79 Å². The van der Waals surface area contributed by atoms with Gasteiger partial charge in [0.15, 0.2) is 0 Å². The molecule has 114 valence electrons. The third-order valence-electron chi connectivity index (χ3n) is 4.48. The molecule has 0 saturated carbocycles. The second-order valence-corrected chi connectivity index (χ2v) is 6.98. The number of likely N-dealkylation sites (tertiary alicyclic amines) is 1. The fraction of sp³-hybridized carbons (Fsp3) is 0.857. The van der Waals surface area contributed by atoms with Crippen molar-refractivity contribution in [1.82, 2.24) is 10.2 Å². The van der Waals surface area contributed by atoms with E-state index in [1.54, 1.807) is 4.90 Å². The van der Waals surface area contributed by atoms with Gasteiger partial charge in [0.05, 0.1) is 5.41 Å². The maximum absolute atomic E-state index is 12.3. The van der Waals surface area contributed by atoms with Crippen LogP contribution in [-0.2, 0) is 4.79 Å². The van der Waals surface area contributed by atoms with E-state index >= 15 is 0 Å². The first kappa shape index (κ1) is 15.5. The molecule has 20 heavy (non-hydrogen) atoms. The van der Waals surface area contributed by atoms with Crippen molar-refractivity contribution in [2.45, 2.75) is 45.1 Å². The number of hydrogen-bond donors (Lipinski definition) is 2. The Hall–Kier alpha value is -0.910. The van der Waals surface area contributed by atoms with Crippen molar-refractivity contribution in [3.8, 4) is 0 Å². The monoisotopic (exact) mass is 300 g/mol. The number of carbonyl (C=O) groups excluding carboxylic acids is 1. The number of carbonyl (C=O) groups is 2. The molecule has 2 unspecified atom stereocenters. The SMILES string of the molecule is CCC1(C(=O)O)CCCN(C(=O)NC2CCCSC2)C1. The molecule has 2 fully saturated rings. The van der Waals surface area contributed by atoms with Gasteiger partial charge in [-0.15, -0.1) is 0 Å². The average Bonchev–Trinajstić information content (AvgIpc) is 2.48. The van der Waals surface area contributed by atoms with Crippen LogP contribution in [0.5, 0.6) is 0 Å². The van der Waals surface area contributed by atoms with Crippen molar-refractivity contribution in [3.63, 3.8) is 0 Å². The first-order valence-corrected chi connectivity index (χ1v) is 8.59. The molecule has 6 heteroatoms. The number of piperidine rings is 1. The second kappa shape index (κ2) is 6.70. The highest BCUT2D eigenvalue weighted by atomic mass is 32.2. The van der Waals surface area contributed by atoms with Gasteiger partial charge in [0.25, 0.3) is 0 Å². The summed E-state index contributed by atoms with van der Waals surface area (Å²) in [6.45, 7) is 2.90. The Morgan fingerprint density at radius 1 is 1.45 bits per heavy atom. The number of nitrogens with one attached hydrogen (secondary N) is 1. The van der Waals surface area contributed by atoms with E-state index in [1.165, 1.54) is 5.75 Å². The smallest absolute Gasteiger partial charge is 0.317 e. The topological polar surface area (TPSA) is 69.6 Å². The van der Waals surface area contributed by atoms with Gasteiger partial charge in [-0.25, -0.2) is 4.79 Å². The number of carboxylic acids is 1. The van der Waals surface area contributed by atoms with Crippen molar-refractivity contribution in [2.75, 3.05) is 24.6 Å². The average molecular weight is 300 g/mol. The lowest BCUT2D eigenvalue weighted by Gasteiger charge is -2.40. The van der Waals surface area contributed by atoms with Crippen LogP contribution in [0.2, 0.25) is 0 Å². The van der Waals surface area contributed by atoms with Crippen LogP contribution in [0.4, 0.5) is 4.79 Å². The molecule has 0 spiro atoms. The zero-order valence-corrected chi connectivity index (χ0v) is 12.9. The Morgan fingerprint density at radius 3 is 2.85 bits per heavy atom. The summed E-state index contributed by atoms with van der Waals surface area (Å²) in [6.07, 6.45) is 4.19. The first-order chi connectivity index (χ1) is 9.57. The Bertz CT molecular complexity index is 371. The van der Waals surface area contributed by atoms with Crippen molar-refractivity contribution in [1.29, 1.82) is 0 Å². The predicted octanol–water partition coefficient (Wildman–Crippen LogP) is 2.17. The van der Waals surface area contributed by atoms with Crippen LogP contribution in [0.3, 0.4) is 0 Å². The molecule has 0 aromatic carbocycles. The number of carboxylic acid groups (broad SMARTS) is 1. The Morgan fingerprint density at radius 2 is 2.25 bits per heavy atom. The van der Waals surface area contributed by atoms with Gasteiger partial charge in [-0.2, -0.15) is 11.8 Å². The van der Waals surface area contributed by atoms with Crippen LogP contribution in [-0.4, -0.2) is 52.6 Å². The maximum Gasteiger partial charge on any atom is 0.317 e. The van der Waals surface area contributed by atoms with E-state index in [0.717, 1.165) is 25.0 Å². The van der Waals surface area contributed by atoms with Crippen molar-refractivity contribution in [2.24, 2.45) is 5.41 Å². The molecule has 0 radical (unpaired) electrons. The molecule has 0 aromatic heterocycles. The zero-order valence-electron chi connectivity index (χ0n) is 12.1. The lowest BCUT2D eigenvalue weighted by Crippen LogP contribution is -2.54. The second-order valence-electron chi connectivity index (χ2n) is 5.83. The maximum atomic E-state index is 12.3. The molecule has 2 atom stereocenters. The molecule has 5 nitrogen and oxygen atoms in total. The molecule has 2 aliphatic heterocycles. The number of urea groups is 1. The van der Waals surface area contributed by atoms with Crippen molar-refractivity contribution in [3.05, 3.63) is 0 Å². The summed E-state index contributed by atoms with van der Waals surface area (Å²) in [5.74, 6) is 1.37. The molecule has 2 aliphatic rings. The van der Waals surface area contributed by atoms with Gasteiger partial charge in [0.2, 0.25) is 0 Å². The molecule has 2 rings (SSSR count). The number of nitrogens with zero attached hydrogens (tertiary/aromatic N) is 1. The van der Waals surface area contributed by atoms with E-state index in [-0.39, 0.29) is 12.1 Å². The van der Waals surface area contributed by atoms with Crippen LogP contribution in [0.1, 0.15) is 39.0 Å². The number of amides is 2. The van der Waals surface area contributed by atoms with Gasteiger partial charge >= 0.3 is 12.0 Å². The lowest BCUT2D eigenvalue weighted by molar-refractivity contribution is -0.152. The van der Waals surface area contributed by atoms with Gasteiger partial charge in [0.1, 0.15) is 0 Å². The van der Waals surface area contributed by atoms with Gasteiger partial charge in [-0.1, -0.05) is 6.92 Å². The van der Waals surface area contributed by atoms with E-state index in [1.807, 2.05) is 18.7 Å². The van der Waals surface area contributed by atoms with Crippen LogP contribution in [0.25, 0.3) is 0 Å². The fourth-order valence-corrected chi connectivity index (χ4v) is 4.11. The minimum absolute atomic E-state index is 0.0868. The Kier molecular flexibility index (Phi) is 5.18. The highest BCUT2D eigenvalue weighted by Gasteiger charge is 2.42. The Labute approximate surface area is 124 Å². The van der Waals surface area contributed by atoms with E-state index in [4.69, 9.17) is 0 Å². The van der Waals surface area contributed by atoms with Gasteiger partial charge in [-0.05, 0) is 37.9 Å². The third kappa shape index (κ3) is 3.40. The van der Waals surface area contributed by atoms with E-state index in [9.17, 15) is 14.7 Å². The summed E-state index contributed by atoms with van der Waals surface area (Å²) < 4.78 is 0. The molecule has 2 N–H and O–H groups in total. The highest BCUT2D eigenvalue weighted by Crippen LogP contribution is 2.33. The number of hydrogen-bond acceptors (Lipinski definition) is 3. The molecular weight excluding hydrogens is 276 g/mol. The minimum atomic E-state index is -0.772. The van der Waals surface area contributed by atoms with Crippen LogP contribution >= 0.6 is 11.8 Å². The molecule has 0 aromatic rings. The largest absolute Gasteiger partial charge is 0.481 e. The van der Waals surface area contributed by atoms with Gasteiger partial charge < -0.3 is 15.3 Å². The lowest BCUT2D eigenvalue weighted by atomic mass is 9.78. The normalized spacial score (nSPS) is 30.9. The van der Waals surface area contributed by atoms with E-state index < -0.39 is 11.4 Å². The summed E-state index contributed by atoms with van der Waals surface area (Å²) in [7, 11) is 0. The van der Waals surface area contributed by atoms with Crippen LogP contribution < -0.4 is 5.32 Å². The predicted molar refractivity (Wildman–Crippen MR) is 80.0 cm³/mol. The third-order valence-corrected chi connectivity index (χ3v) is 5.70. The molecule has 0 aliphatic carbocycles. The van der Waals surface area contributed by atoms with E-state index in [0.29, 0.717) is 25.9 Å². The fourth-order valence-electron chi connectivity index (χ4n) is 3.04. The first-order valence-electron chi connectivity index (χ1n) is 7.44. The summed E-state index contributed by atoms with van der Waals surface area (Å²) in [5, 5.41) is 12.5. The molecule has 2 amide bonds. The summed E-state index contributed by atoms with van der Waals surface area (Å²) in [5.41, 5.74) is -0.753. The standard InChI is InChI=1S/C14H24N2O3S/c1-2-14(12(17)18)6-4-7-16(10-14)13(19)15-11-5-3-8-20-9-11/h11H,2-10H2,1H3,(H,15,19)(H,17,18). The molecular formula is C14H24N2O3S. The minimum Gasteiger partial charge on any atom is -0.481 e. The van der Waals surface area contributed by atoms with Crippen LogP contribution in [0, 0.1) is 5.41 Å². The summed E-state index contributed by atoms with van der Waals surface area (Å²) >= 11 is 1.87. The number of aliphatic carboxylic acids is 1. The van der Waals surface area contributed by atoms with Crippen LogP contribution in [0.15, 0.2) is 0 Å². The van der Waals surface area contributed by atoms with Crippen molar-refractivity contribution < 1.29 is 14.7 Å². The quantitative estimate of drug-likeness (QED) is 0.838. The zero-order chi connectivity index (χ0) is 14.6. The summed E-state index contributed by atoms with van der Waals surface area (Å²) in [6, 6.07) is 0.153. The molecule has 2 saturated heterocycles. The van der Waals surface area contributed by atoms with E-state index in [2.05, 4.69) is 5.32 Å².